The van der Waals surface area contributed by atoms with E-state index in [0.717, 1.165) is 0 Å². The Morgan fingerprint density at radius 2 is 1.70 bits per heavy atom. The van der Waals surface area contributed by atoms with Gasteiger partial charge in [0.25, 0.3) is 0 Å². The van der Waals surface area contributed by atoms with Crippen LogP contribution >= 0.6 is 0 Å². The van der Waals surface area contributed by atoms with Gasteiger partial charge in [-0.05, 0) is 39.3 Å². The number of rotatable bonds is 3. The molecular weight excluding hydrogens is 259 g/mol. The SMILES string of the molecule is CC.COC(=O)C(C)(C)c1cc(C)c(F)c(C)c1OC. The molecule has 1 aromatic carbocycles. The number of esters is 1. The molecule has 0 aliphatic rings. The number of halogens is 1. The van der Waals surface area contributed by atoms with Gasteiger partial charge in [-0.2, -0.15) is 0 Å². The maximum absolute atomic E-state index is 13.8. The van der Waals surface area contributed by atoms with Crippen LogP contribution in [0.3, 0.4) is 0 Å². The lowest BCUT2D eigenvalue weighted by Crippen LogP contribution is -2.31. The Kier molecular flexibility index (Phi) is 6.69. The number of hydrogen-bond donors (Lipinski definition) is 0. The third-order valence-corrected chi connectivity index (χ3v) is 3.19. The summed E-state index contributed by atoms with van der Waals surface area (Å²) >= 11 is 0. The van der Waals surface area contributed by atoms with Crippen LogP contribution in [0.4, 0.5) is 4.39 Å². The number of hydrogen-bond acceptors (Lipinski definition) is 3. The van der Waals surface area contributed by atoms with Gasteiger partial charge < -0.3 is 9.47 Å². The summed E-state index contributed by atoms with van der Waals surface area (Å²) in [5.74, 6) is -0.295. The number of carbonyl (C=O) groups is 1. The van der Waals surface area contributed by atoms with Crippen molar-refractivity contribution in [2.75, 3.05) is 14.2 Å². The fraction of sp³-hybridized carbons (Fsp3) is 0.562. The lowest BCUT2D eigenvalue weighted by Gasteiger charge is -2.26. The first-order valence-corrected chi connectivity index (χ1v) is 6.70. The summed E-state index contributed by atoms with van der Waals surface area (Å²) in [5, 5.41) is 0. The molecule has 4 heteroatoms. The summed E-state index contributed by atoms with van der Waals surface area (Å²) in [7, 11) is 2.80. The third kappa shape index (κ3) is 3.30. The molecule has 0 atom stereocenters. The minimum atomic E-state index is -0.886. The van der Waals surface area contributed by atoms with Crippen LogP contribution in [0.1, 0.15) is 44.4 Å². The number of ether oxygens (including phenoxy) is 2. The maximum Gasteiger partial charge on any atom is 0.315 e. The predicted molar refractivity (Wildman–Crippen MR) is 78.8 cm³/mol. The average Bonchev–Trinajstić information content (AvgIpc) is 2.45. The average molecular weight is 284 g/mol. The van der Waals surface area contributed by atoms with Crippen LogP contribution in [0.2, 0.25) is 0 Å². The molecule has 3 nitrogen and oxygen atoms in total. The highest BCUT2D eigenvalue weighted by molar-refractivity contribution is 5.83. The topological polar surface area (TPSA) is 35.5 Å². The second kappa shape index (κ2) is 7.27. The van der Waals surface area contributed by atoms with E-state index >= 15 is 0 Å². The largest absolute Gasteiger partial charge is 0.496 e. The summed E-state index contributed by atoms with van der Waals surface area (Å²) in [6, 6.07) is 1.64. The molecule has 1 rings (SSSR count). The summed E-state index contributed by atoms with van der Waals surface area (Å²) in [4.78, 5) is 11.8. The van der Waals surface area contributed by atoms with Gasteiger partial charge in [0.05, 0.1) is 19.6 Å². The summed E-state index contributed by atoms with van der Waals surface area (Å²) in [6.45, 7) is 10.8. The molecule has 0 bridgehead atoms. The van der Waals surface area contributed by atoms with E-state index in [-0.39, 0.29) is 11.8 Å². The lowest BCUT2D eigenvalue weighted by molar-refractivity contribution is -0.146. The second-order valence-electron chi connectivity index (χ2n) is 4.83. The first-order chi connectivity index (χ1) is 9.27. The highest BCUT2D eigenvalue weighted by Gasteiger charge is 2.35. The van der Waals surface area contributed by atoms with Crippen molar-refractivity contribution in [1.29, 1.82) is 0 Å². The summed E-state index contributed by atoms with van der Waals surface area (Å²) in [5.41, 5.74) is 0.640. The molecule has 0 unspecified atom stereocenters. The van der Waals surface area contributed by atoms with Crippen molar-refractivity contribution >= 4 is 5.97 Å². The van der Waals surface area contributed by atoms with Crippen LogP contribution in [-0.4, -0.2) is 20.2 Å². The molecule has 0 aromatic heterocycles. The van der Waals surface area contributed by atoms with Gasteiger partial charge in [0, 0.05) is 11.1 Å². The molecule has 0 saturated carbocycles. The molecule has 114 valence electrons. The van der Waals surface area contributed by atoms with Crippen LogP contribution in [0.25, 0.3) is 0 Å². The Morgan fingerprint density at radius 3 is 2.10 bits per heavy atom. The van der Waals surface area contributed by atoms with Gasteiger partial charge in [0.2, 0.25) is 0 Å². The zero-order valence-corrected chi connectivity index (χ0v) is 13.7. The van der Waals surface area contributed by atoms with E-state index in [1.54, 1.807) is 33.8 Å². The molecule has 20 heavy (non-hydrogen) atoms. The van der Waals surface area contributed by atoms with E-state index in [1.165, 1.54) is 14.2 Å². The van der Waals surface area contributed by atoms with Crippen molar-refractivity contribution in [2.24, 2.45) is 0 Å². The molecule has 0 spiro atoms. The van der Waals surface area contributed by atoms with Crippen LogP contribution in [0.5, 0.6) is 5.75 Å². The van der Waals surface area contributed by atoms with Gasteiger partial charge in [-0.25, -0.2) is 4.39 Å². The molecular formula is C16H25FO3. The molecule has 0 radical (unpaired) electrons. The van der Waals surface area contributed by atoms with E-state index in [2.05, 4.69) is 0 Å². The minimum Gasteiger partial charge on any atom is -0.496 e. The number of benzene rings is 1. The minimum absolute atomic E-state index is 0.309. The predicted octanol–water partition coefficient (Wildman–Crippen LogP) is 3.93. The van der Waals surface area contributed by atoms with Crippen molar-refractivity contribution in [3.05, 3.63) is 28.6 Å². The molecule has 0 saturated heterocycles. The van der Waals surface area contributed by atoms with Crippen LogP contribution in [0.15, 0.2) is 6.07 Å². The van der Waals surface area contributed by atoms with E-state index < -0.39 is 5.41 Å². The molecule has 0 N–H and O–H groups in total. The van der Waals surface area contributed by atoms with E-state index in [4.69, 9.17) is 9.47 Å². The lowest BCUT2D eigenvalue weighted by atomic mass is 9.82. The summed E-state index contributed by atoms with van der Waals surface area (Å²) in [6.07, 6.45) is 0. The first-order valence-electron chi connectivity index (χ1n) is 6.70. The van der Waals surface area contributed by atoms with Gasteiger partial charge in [-0.15, -0.1) is 0 Å². The van der Waals surface area contributed by atoms with E-state index in [1.807, 2.05) is 13.8 Å². The van der Waals surface area contributed by atoms with Crippen molar-refractivity contribution in [3.8, 4) is 5.75 Å². The van der Waals surface area contributed by atoms with Gasteiger partial charge in [0.15, 0.2) is 0 Å². The maximum atomic E-state index is 13.8. The number of methoxy groups -OCH3 is 2. The van der Waals surface area contributed by atoms with Crippen molar-refractivity contribution in [2.45, 2.75) is 47.0 Å². The monoisotopic (exact) mass is 284 g/mol. The van der Waals surface area contributed by atoms with Gasteiger partial charge in [-0.1, -0.05) is 13.8 Å². The van der Waals surface area contributed by atoms with E-state index in [9.17, 15) is 9.18 Å². The Hall–Kier alpha value is -1.58. The quantitative estimate of drug-likeness (QED) is 0.789. The van der Waals surface area contributed by atoms with Gasteiger partial charge >= 0.3 is 5.97 Å². The molecule has 1 aromatic rings. The van der Waals surface area contributed by atoms with Crippen LogP contribution < -0.4 is 4.74 Å². The van der Waals surface area contributed by atoms with Crippen LogP contribution in [0, 0.1) is 19.7 Å². The van der Waals surface area contributed by atoms with Crippen LogP contribution in [-0.2, 0) is 14.9 Å². The van der Waals surface area contributed by atoms with Crippen molar-refractivity contribution in [3.63, 3.8) is 0 Å². The zero-order chi connectivity index (χ0) is 16.1. The van der Waals surface area contributed by atoms with Crippen molar-refractivity contribution < 1.29 is 18.7 Å². The molecule has 0 fully saturated rings. The van der Waals surface area contributed by atoms with Crippen molar-refractivity contribution in [1.82, 2.24) is 0 Å². The third-order valence-electron chi connectivity index (χ3n) is 3.19. The smallest absolute Gasteiger partial charge is 0.315 e. The second-order valence-corrected chi connectivity index (χ2v) is 4.83. The Labute approximate surface area is 121 Å². The van der Waals surface area contributed by atoms with Gasteiger partial charge in [-0.3, -0.25) is 4.79 Å². The molecule has 0 aliphatic carbocycles. The highest BCUT2D eigenvalue weighted by atomic mass is 19.1. The Bertz CT molecular complexity index is 479. The zero-order valence-electron chi connectivity index (χ0n) is 13.7. The number of aryl methyl sites for hydroxylation is 1. The first kappa shape index (κ1) is 18.4. The molecule has 0 amide bonds. The highest BCUT2D eigenvalue weighted by Crippen LogP contribution is 2.37. The normalized spacial score (nSPS) is 10.4. The fourth-order valence-electron chi connectivity index (χ4n) is 2.04. The van der Waals surface area contributed by atoms with E-state index in [0.29, 0.717) is 22.4 Å². The van der Waals surface area contributed by atoms with Gasteiger partial charge in [0.1, 0.15) is 11.6 Å². The summed E-state index contributed by atoms with van der Waals surface area (Å²) < 4.78 is 23.9. The standard InChI is InChI=1S/C14H19FO3.C2H6/c1-8-7-10(14(3,4)13(16)18-6)12(17-5)9(2)11(8)15;1-2/h7H,1-6H3;1-2H3. The molecule has 0 heterocycles. The fourth-order valence-corrected chi connectivity index (χ4v) is 2.04. The number of carbonyl (C=O) groups excluding carboxylic acids is 1. The molecule has 0 aliphatic heterocycles. The Balaban J connectivity index is 0.00000172. The Morgan fingerprint density at radius 1 is 1.20 bits per heavy atom.